The molecular weight excluding hydrogens is 266 g/mol. The topological polar surface area (TPSA) is 29.9 Å². The Morgan fingerprint density at radius 1 is 1.30 bits per heavy atom. The SMILES string of the molecule is Cc1nc2c(n1CCNCCc1cccs1)CCCC2. The summed E-state index contributed by atoms with van der Waals surface area (Å²) in [7, 11) is 0. The molecule has 3 rings (SSSR count). The molecule has 0 aromatic carbocycles. The van der Waals surface area contributed by atoms with Gasteiger partial charge in [-0.2, -0.15) is 0 Å². The number of rotatable bonds is 6. The second-order valence-corrected chi connectivity index (χ2v) is 6.52. The smallest absolute Gasteiger partial charge is 0.106 e. The van der Waals surface area contributed by atoms with Gasteiger partial charge in [0.25, 0.3) is 0 Å². The molecule has 0 atom stereocenters. The molecule has 1 aliphatic carbocycles. The van der Waals surface area contributed by atoms with Crippen LogP contribution in [-0.4, -0.2) is 22.6 Å². The molecule has 108 valence electrons. The predicted octanol–water partition coefficient (Wildman–Crippen LogP) is 2.96. The third-order valence-corrected chi connectivity index (χ3v) is 5.00. The fourth-order valence-electron chi connectivity index (χ4n) is 3.01. The molecule has 2 aromatic heterocycles. The van der Waals surface area contributed by atoms with Crippen LogP contribution in [-0.2, 0) is 25.8 Å². The molecule has 0 saturated heterocycles. The molecule has 1 aliphatic rings. The van der Waals surface area contributed by atoms with Crippen molar-refractivity contribution in [3.63, 3.8) is 0 Å². The van der Waals surface area contributed by atoms with Gasteiger partial charge in [-0.25, -0.2) is 4.98 Å². The summed E-state index contributed by atoms with van der Waals surface area (Å²) in [5, 5.41) is 5.70. The monoisotopic (exact) mass is 289 g/mol. The lowest BCUT2D eigenvalue weighted by molar-refractivity contribution is 0.557. The van der Waals surface area contributed by atoms with Crippen molar-refractivity contribution in [1.29, 1.82) is 0 Å². The molecule has 0 aliphatic heterocycles. The lowest BCUT2D eigenvalue weighted by Gasteiger charge is -2.15. The number of nitrogens with one attached hydrogen (secondary N) is 1. The van der Waals surface area contributed by atoms with Gasteiger partial charge in [0, 0.05) is 30.2 Å². The average molecular weight is 289 g/mol. The third-order valence-electron chi connectivity index (χ3n) is 4.06. The number of hydrogen-bond donors (Lipinski definition) is 1. The van der Waals surface area contributed by atoms with Crippen LogP contribution in [0.2, 0.25) is 0 Å². The third kappa shape index (κ3) is 3.13. The number of hydrogen-bond acceptors (Lipinski definition) is 3. The van der Waals surface area contributed by atoms with Gasteiger partial charge in [0.2, 0.25) is 0 Å². The summed E-state index contributed by atoms with van der Waals surface area (Å²) in [5.74, 6) is 1.19. The zero-order chi connectivity index (χ0) is 13.8. The molecule has 2 aromatic rings. The fraction of sp³-hybridized carbons (Fsp3) is 0.562. The van der Waals surface area contributed by atoms with E-state index in [1.807, 2.05) is 11.3 Å². The molecule has 4 heteroatoms. The molecule has 1 N–H and O–H groups in total. The zero-order valence-corrected chi connectivity index (χ0v) is 13.0. The first-order valence-electron chi connectivity index (χ1n) is 7.62. The number of aryl methyl sites for hydroxylation is 2. The normalized spacial score (nSPS) is 14.4. The quantitative estimate of drug-likeness (QED) is 0.829. The van der Waals surface area contributed by atoms with Crippen molar-refractivity contribution >= 4 is 11.3 Å². The van der Waals surface area contributed by atoms with E-state index in [4.69, 9.17) is 4.98 Å². The van der Waals surface area contributed by atoms with E-state index in [2.05, 4.69) is 34.3 Å². The molecule has 0 amide bonds. The fourth-order valence-corrected chi connectivity index (χ4v) is 3.72. The number of fused-ring (bicyclic) bond motifs is 1. The first-order valence-corrected chi connectivity index (χ1v) is 8.50. The van der Waals surface area contributed by atoms with E-state index in [1.165, 1.54) is 47.8 Å². The molecule has 0 bridgehead atoms. The van der Waals surface area contributed by atoms with E-state index in [-0.39, 0.29) is 0 Å². The van der Waals surface area contributed by atoms with Crippen molar-refractivity contribution in [2.75, 3.05) is 13.1 Å². The van der Waals surface area contributed by atoms with Gasteiger partial charge in [0.05, 0.1) is 5.69 Å². The van der Waals surface area contributed by atoms with Crippen LogP contribution >= 0.6 is 11.3 Å². The standard InChI is InChI=1S/C16H23N3S/c1-13-18-15-6-2-3-7-16(15)19(13)11-10-17-9-8-14-5-4-12-20-14/h4-5,12,17H,2-3,6-11H2,1H3. The van der Waals surface area contributed by atoms with Crippen molar-refractivity contribution in [3.05, 3.63) is 39.6 Å². The van der Waals surface area contributed by atoms with Crippen LogP contribution in [0.25, 0.3) is 0 Å². The van der Waals surface area contributed by atoms with Gasteiger partial charge in [-0.15, -0.1) is 11.3 Å². The Morgan fingerprint density at radius 3 is 3.05 bits per heavy atom. The minimum absolute atomic E-state index is 1.04. The van der Waals surface area contributed by atoms with Crippen molar-refractivity contribution in [3.8, 4) is 0 Å². The van der Waals surface area contributed by atoms with Crippen LogP contribution in [0.5, 0.6) is 0 Å². The van der Waals surface area contributed by atoms with Crippen molar-refractivity contribution in [2.24, 2.45) is 0 Å². The Bertz CT molecular complexity index is 542. The van der Waals surface area contributed by atoms with Crippen LogP contribution in [0, 0.1) is 6.92 Å². The maximum Gasteiger partial charge on any atom is 0.106 e. The summed E-state index contributed by atoms with van der Waals surface area (Å²) in [5.41, 5.74) is 2.85. The van der Waals surface area contributed by atoms with E-state index in [1.54, 1.807) is 0 Å². The zero-order valence-electron chi connectivity index (χ0n) is 12.2. The summed E-state index contributed by atoms with van der Waals surface area (Å²) in [4.78, 5) is 6.19. The average Bonchev–Trinajstić information content (AvgIpc) is 3.06. The van der Waals surface area contributed by atoms with Gasteiger partial charge >= 0.3 is 0 Å². The Hall–Kier alpha value is -1.13. The lowest BCUT2D eigenvalue weighted by atomic mass is 10.0. The van der Waals surface area contributed by atoms with E-state index >= 15 is 0 Å². The highest BCUT2D eigenvalue weighted by Gasteiger charge is 2.17. The Labute approximate surface area is 125 Å². The maximum absolute atomic E-state index is 4.73. The minimum Gasteiger partial charge on any atom is -0.331 e. The summed E-state index contributed by atoms with van der Waals surface area (Å²) in [6.45, 7) is 5.30. The van der Waals surface area contributed by atoms with E-state index < -0.39 is 0 Å². The summed E-state index contributed by atoms with van der Waals surface area (Å²) < 4.78 is 2.42. The van der Waals surface area contributed by atoms with Crippen LogP contribution < -0.4 is 5.32 Å². The second-order valence-electron chi connectivity index (χ2n) is 5.49. The Morgan fingerprint density at radius 2 is 2.20 bits per heavy atom. The molecule has 3 nitrogen and oxygen atoms in total. The molecule has 0 unspecified atom stereocenters. The maximum atomic E-state index is 4.73. The largest absolute Gasteiger partial charge is 0.331 e. The Kier molecular flexibility index (Phi) is 4.53. The number of aromatic nitrogens is 2. The van der Waals surface area contributed by atoms with Crippen LogP contribution in [0.15, 0.2) is 17.5 Å². The molecule has 2 heterocycles. The minimum atomic E-state index is 1.04. The highest BCUT2D eigenvalue weighted by Crippen LogP contribution is 2.21. The molecule has 0 saturated carbocycles. The van der Waals surface area contributed by atoms with Gasteiger partial charge in [-0.3, -0.25) is 0 Å². The number of imidazole rings is 1. The highest BCUT2D eigenvalue weighted by molar-refractivity contribution is 7.09. The van der Waals surface area contributed by atoms with Gasteiger partial charge < -0.3 is 9.88 Å². The molecule has 0 fully saturated rings. The molecule has 0 spiro atoms. The first kappa shape index (κ1) is 13.8. The van der Waals surface area contributed by atoms with Gasteiger partial charge in [0.15, 0.2) is 0 Å². The summed E-state index contributed by atoms with van der Waals surface area (Å²) >= 11 is 1.84. The lowest BCUT2D eigenvalue weighted by Crippen LogP contribution is -2.23. The van der Waals surface area contributed by atoms with E-state index in [0.29, 0.717) is 0 Å². The van der Waals surface area contributed by atoms with Gasteiger partial charge in [-0.1, -0.05) is 6.07 Å². The Balaban J connectivity index is 1.47. The van der Waals surface area contributed by atoms with Crippen molar-refractivity contribution < 1.29 is 0 Å². The summed E-state index contributed by atoms with van der Waals surface area (Å²) in [6, 6.07) is 4.34. The summed E-state index contributed by atoms with van der Waals surface area (Å²) in [6.07, 6.45) is 6.16. The first-order chi connectivity index (χ1) is 9.84. The highest BCUT2D eigenvalue weighted by atomic mass is 32.1. The van der Waals surface area contributed by atoms with Crippen molar-refractivity contribution in [1.82, 2.24) is 14.9 Å². The molecule has 0 radical (unpaired) electrons. The van der Waals surface area contributed by atoms with Crippen molar-refractivity contribution in [2.45, 2.75) is 45.6 Å². The van der Waals surface area contributed by atoms with Crippen LogP contribution in [0.3, 0.4) is 0 Å². The molecular formula is C16H23N3S. The van der Waals surface area contributed by atoms with E-state index in [9.17, 15) is 0 Å². The van der Waals surface area contributed by atoms with Crippen LogP contribution in [0.1, 0.15) is 34.9 Å². The molecule has 20 heavy (non-hydrogen) atoms. The number of thiophene rings is 1. The van der Waals surface area contributed by atoms with Crippen LogP contribution in [0.4, 0.5) is 0 Å². The second kappa shape index (κ2) is 6.55. The van der Waals surface area contributed by atoms with E-state index in [0.717, 1.165) is 26.1 Å². The number of nitrogens with zero attached hydrogens (tertiary/aromatic N) is 2. The predicted molar refractivity (Wildman–Crippen MR) is 84.5 cm³/mol. The van der Waals surface area contributed by atoms with Gasteiger partial charge in [-0.05, 0) is 50.5 Å². The van der Waals surface area contributed by atoms with Gasteiger partial charge in [0.1, 0.15) is 5.82 Å².